The van der Waals surface area contributed by atoms with Crippen LogP contribution in [0.25, 0.3) is 11.3 Å². The molecule has 4 aromatic heterocycles. The van der Waals surface area contributed by atoms with Crippen LogP contribution in [-0.2, 0) is 88.9 Å². The zero-order chi connectivity index (χ0) is 61.9. The molecule has 474 valence electrons. The first kappa shape index (κ1) is 67.2. The summed E-state index contributed by atoms with van der Waals surface area (Å²) in [5.41, 5.74) is 15.0. The quantitative estimate of drug-likeness (QED) is 0.0475. The van der Waals surface area contributed by atoms with Gasteiger partial charge >= 0.3 is 0 Å². The fourth-order valence-corrected chi connectivity index (χ4v) is 11.9. The summed E-state index contributed by atoms with van der Waals surface area (Å²) < 4.78 is 55.5. The van der Waals surface area contributed by atoms with E-state index in [-0.39, 0.29) is 71.8 Å². The Morgan fingerprint density at radius 1 is 0.505 bits per heavy atom. The smallest absolute Gasteiger partial charge is 0.244 e. The Hall–Kier alpha value is -8.15. The van der Waals surface area contributed by atoms with Crippen LogP contribution < -0.4 is 11.5 Å². The van der Waals surface area contributed by atoms with Crippen molar-refractivity contribution in [3.05, 3.63) is 239 Å². The molecule has 0 bridgehead atoms. The number of nitrogen functional groups attached to an aromatic ring is 2. The van der Waals surface area contributed by atoms with Crippen molar-refractivity contribution in [2.45, 2.75) is 126 Å². The van der Waals surface area contributed by atoms with Gasteiger partial charge in [-0.25, -0.2) is 29.0 Å². The molecule has 2 saturated heterocycles. The van der Waals surface area contributed by atoms with Crippen molar-refractivity contribution in [2.75, 3.05) is 37.2 Å². The van der Waals surface area contributed by atoms with Gasteiger partial charge in [-0.05, 0) is 59.7 Å². The van der Waals surface area contributed by atoms with Gasteiger partial charge in [0.2, 0.25) is 21.7 Å². The van der Waals surface area contributed by atoms with Crippen molar-refractivity contribution in [3.63, 3.8) is 0 Å². The lowest BCUT2D eigenvalue weighted by atomic mass is 9.79. The Balaban J connectivity index is 0.000000211. The second-order valence-electron chi connectivity index (χ2n) is 21.7. The molecule has 12 rings (SSSR count). The monoisotopic (exact) mass is 1270 g/mol. The molecule has 0 amide bonds. The first-order valence-corrected chi connectivity index (χ1v) is 31.3. The van der Waals surface area contributed by atoms with Gasteiger partial charge in [-0.1, -0.05) is 220 Å². The normalized spacial score (nSPS) is 22.6. The maximum Gasteiger partial charge on any atom is 0.244 e. The van der Waals surface area contributed by atoms with Crippen LogP contribution in [0, 0.1) is 11.3 Å². The van der Waals surface area contributed by atoms with Gasteiger partial charge in [0, 0.05) is 0 Å². The maximum absolute atomic E-state index is 12.7. The number of aliphatic hydroxyl groups is 1. The van der Waals surface area contributed by atoms with Gasteiger partial charge in [-0.2, -0.15) is 5.26 Å². The largest absolute Gasteiger partial charge is 0.380 e. The highest BCUT2D eigenvalue weighted by Crippen LogP contribution is 2.52. The molecular formula is C69H77N11O9S2. The fourth-order valence-electron chi connectivity index (χ4n) is 11.1. The summed E-state index contributed by atoms with van der Waals surface area (Å²) in [7, 11) is 0. The zero-order valence-corrected chi connectivity index (χ0v) is 51.3. The van der Waals surface area contributed by atoms with Gasteiger partial charge in [0.1, 0.15) is 47.5 Å². The van der Waals surface area contributed by atoms with Crippen LogP contribution in [0.2, 0.25) is 0 Å². The summed E-state index contributed by atoms with van der Waals surface area (Å²) in [6, 6.07) is 61.5. The maximum atomic E-state index is 12.7. The average molecular weight is 1270 g/mol. The molecule has 10 aromatic rings. The third-order valence-electron chi connectivity index (χ3n) is 15.8. The zero-order valence-electron chi connectivity index (χ0n) is 49.7. The number of fused-ring (bicyclic) bond motifs is 2. The minimum atomic E-state index is -2.07. The van der Waals surface area contributed by atoms with Crippen LogP contribution in [0.3, 0.4) is 0 Å². The van der Waals surface area contributed by atoms with Crippen LogP contribution in [0.5, 0.6) is 0 Å². The van der Waals surface area contributed by atoms with Crippen LogP contribution in [0.4, 0.5) is 11.6 Å². The molecule has 6 aromatic carbocycles. The Morgan fingerprint density at radius 2 is 0.846 bits per heavy atom. The average Bonchev–Trinajstić information content (AvgIpc) is 1.57. The van der Waals surface area contributed by atoms with Crippen LogP contribution in [0.1, 0.15) is 73.5 Å². The van der Waals surface area contributed by atoms with E-state index >= 15 is 0 Å². The van der Waals surface area contributed by atoms with Crippen molar-refractivity contribution >= 4 is 46.5 Å². The lowest BCUT2D eigenvalue weighted by molar-refractivity contribution is -0.294. The van der Waals surface area contributed by atoms with E-state index in [4.69, 9.17) is 49.4 Å². The van der Waals surface area contributed by atoms with E-state index < -0.39 is 47.0 Å². The number of thioether (sulfide) groups is 2. The summed E-state index contributed by atoms with van der Waals surface area (Å²) in [4.78, 5) is 17.6. The molecule has 91 heavy (non-hydrogen) atoms. The van der Waals surface area contributed by atoms with Crippen molar-refractivity contribution in [1.82, 2.24) is 39.2 Å². The minimum absolute atomic E-state index is 0. The standard InChI is InChI=1S/C34H34N6O4S.C33H35N5O5S.2CH4/c1-33(43-21-26-16-10-5-11-17-26)29(42-20-25-14-8-4-9-15-25)27(22-41-19-24-12-6-3-7-13-24)44-34(33,23-35)28-18-37-31-30(36)38-32(45-2)39-40(28)31;1-32(42-21-25-16-10-5-11-17-25)28(41-20-24-14-8-4-9-15-24)26(22-40-19-23-12-6-3-7-13-23)43-33(32,39)27-18-35-30-29(34)36-31(44-2)37-38(27)30;;/h3-18,27,29H,19-22H2,1-2H3,(H2,36,38,39);3-18,26,28,39H,19-22H2,1-2H3,(H2,34,36,37);2*1H4/t27-,29-,33-,34?;26-,28-,32-,33?;;/m11../s1. The van der Waals surface area contributed by atoms with E-state index in [1.165, 1.54) is 38.8 Å². The molecule has 2 aliphatic heterocycles. The Bertz CT molecular complexity index is 3960. The number of nitrogens with two attached hydrogens (primary N) is 2. The Kier molecular flexibility index (Phi) is 22.4. The number of nitriles is 1. The van der Waals surface area contributed by atoms with Crippen molar-refractivity contribution < 1.29 is 43.0 Å². The van der Waals surface area contributed by atoms with Crippen molar-refractivity contribution in [1.29, 1.82) is 5.26 Å². The summed E-state index contributed by atoms with van der Waals surface area (Å²) in [6.07, 6.45) is 3.83. The summed E-state index contributed by atoms with van der Waals surface area (Å²) in [5, 5.41) is 33.9. The van der Waals surface area contributed by atoms with E-state index in [0.717, 1.165) is 33.4 Å². The third kappa shape index (κ3) is 14.3. The number of imidazole rings is 2. The molecule has 0 saturated carbocycles. The molecule has 0 radical (unpaired) electrons. The number of nitrogens with zero attached hydrogens (tertiary/aromatic N) is 9. The summed E-state index contributed by atoms with van der Waals surface area (Å²) in [6.45, 7) is 5.58. The molecule has 2 fully saturated rings. The molecule has 20 nitrogen and oxygen atoms in total. The molecule has 0 spiro atoms. The second-order valence-corrected chi connectivity index (χ2v) is 23.2. The molecule has 8 atom stereocenters. The van der Waals surface area contributed by atoms with Crippen LogP contribution in [-0.4, -0.2) is 106 Å². The molecule has 2 aliphatic rings. The molecule has 0 aliphatic carbocycles. The first-order valence-electron chi connectivity index (χ1n) is 28.9. The predicted molar refractivity (Wildman–Crippen MR) is 350 cm³/mol. The molecule has 5 N–H and O–H groups in total. The van der Waals surface area contributed by atoms with Crippen LogP contribution >= 0.6 is 23.5 Å². The second kappa shape index (κ2) is 30.3. The Morgan fingerprint density at radius 3 is 1.24 bits per heavy atom. The van der Waals surface area contributed by atoms with Gasteiger partial charge in [0.15, 0.2) is 28.5 Å². The highest BCUT2D eigenvalue weighted by Gasteiger charge is 2.69. The highest BCUT2D eigenvalue weighted by molar-refractivity contribution is 7.98. The lowest BCUT2D eigenvalue weighted by Gasteiger charge is -2.39. The van der Waals surface area contributed by atoms with Crippen molar-refractivity contribution in [2.24, 2.45) is 0 Å². The molecular weight excluding hydrogens is 1190 g/mol. The SMILES string of the molecule is C.C.CSc1nc(N)c2ncc(C3(C#N)O[C@H](COCc4ccccc4)[C@@H](OCc4ccccc4)[C@@]3(C)OCc3ccccc3)n2n1.CSc1nc(N)c2ncc(C3(O)O[C@H](COCc4ccccc4)[C@@H](OCc4ccccc4)[C@@]3(C)OCc3ccccc3)n2n1. The number of hydrogen-bond acceptors (Lipinski definition) is 20. The molecule has 2 unspecified atom stereocenters. The van der Waals surface area contributed by atoms with Gasteiger partial charge in [0.05, 0.1) is 65.2 Å². The summed E-state index contributed by atoms with van der Waals surface area (Å²) >= 11 is 2.66. The molecule has 6 heterocycles. The number of hydrogen-bond donors (Lipinski definition) is 3. The van der Waals surface area contributed by atoms with Crippen LogP contribution in [0.15, 0.2) is 205 Å². The summed E-state index contributed by atoms with van der Waals surface area (Å²) in [5.74, 6) is -1.69. The van der Waals surface area contributed by atoms with Gasteiger partial charge in [-0.3, -0.25) is 0 Å². The number of rotatable bonds is 24. The highest BCUT2D eigenvalue weighted by atomic mass is 32.2. The minimum Gasteiger partial charge on any atom is -0.380 e. The van der Waals surface area contributed by atoms with Gasteiger partial charge < -0.3 is 54.5 Å². The number of anilines is 2. The first-order chi connectivity index (χ1) is 43.4. The Labute approximate surface area is 539 Å². The van der Waals surface area contributed by atoms with E-state index in [1.807, 2.05) is 201 Å². The number of aromatic nitrogens is 8. The van der Waals surface area contributed by atoms with Crippen molar-refractivity contribution in [3.8, 4) is 6.07 Å². The van der Waals surface area contributed by atoms with E-state index in [0.29, 0.717) is 40.5 Å². The number of benzene rings is 6. The van der Waals surface area contributed by atoms with E-state index in [1.54, 1.807) is 13.1 Å². The van der Waals surface area contributed by atoms with Gasteiger partial charge in [0.25, 0.3) is 0 Å². The molecule has 22 heteroatoms. The fraction of sp³-hybridized carbons (Fsp3) is 0.319. The van der Waals surface area contributed by atoms with E-state index in [9.17, 15) is 10.4 Å². The predicted octanol–water partition coefficient (Wildman–Crippen LogP) is 11.3. The van der Waals surface area contributed by atoms with Gasteiger partial charge in [-0.15, -0.1) is 10.2 Å². The lowest BCUT2D eigenvalue weighted by Crippen LogP contribution is -2.55. The van der Waals surface area contributed by atoms with E-state index in [2.05, 4.69) is 36.2 Å². The number of ether oxygens (including phenoxy) is 8. The topological polar surface area (TPSA) is 256 Å². The third-order valence-corrected chi connectivity index (χ3v) is 16.9.